The first kappa shape index (κ1) is 18.4. The molecule has 0 saturated carbocycles. The van der Waals surface area contributed by atoms with E-state index in [1.54, 1.807) is 23.1 Å². The van der Waals surface area contributed by atoms with E-state index >= 15 is 0 Å². The third-order valence-electron chi connectivity index (χ3n) is 5.68. The molecule has 0 bridgehead atoms. The van der Waals surface area contributed by atoms with E-state index in [1.807, 2.05) is 41.3 Å². The lowest BCUT2D eigenvalue weighted by molar-refractivity contribution is 0.0675. The SMILES string of the molecule is O=C(c1cc2ccccc2[nH]1)N1CCC(Cn2nc(-n3cccn3)ccc2=O)CC1. The molecule has 1 N–H and O–H groups in total. The van der Waals surface area contributed by atoms with Crippen molar-refractivity contribution in [3.63, 3.8) is 0 Å². The standard InChI is InChI=1S/C22H22N6O2/c29-21-7-6-20(27-11-3-10-23-27)25-28(21)15-16-8-12-26(13-9-16)22(30)19-14-17-4-1-2-5-18(17)24-19/h1-7,10-11,14,16,24H,8-9,12-13,15H2. The summed E-state index contributed by atoms with van der Waals surface area (Å²) in [6.45, 7) is 1.89. The topological polar surface area (TPSA) is 88.8 Å². The van der Waals surface area contributed by atoms with Crippen molar-refractivity contribution >= 4 is 16.8 Å². The lowest BCUT2D eigenvalue weighted by Crippen LogP contribution is -2.40. The number of nitrogens with one attached hydrogen (secondary N) is 1. The smallest absolute Gasteiger partial charge is 0.270 e. The van der Waals surface area contributed by atoms with Gasteiger partial charge < -0.3 is 9.88 Å². The van der Waals surface area contributed by atoms with Crippen LogP contribution >= 0.6 is 0 Å². The Morgan fingerprint density at radius 3 is 2.70 bits per heavy atom. The molecule has 3 aromatic heterocycles. The summed E-state index contributed by atoms with van der Waals surface area (Å²) in [6, 6.07) is 14.8. The molecule has 0 radical (unpaired) electrons. The first-order chi connectivity index (χ1) is 14.7. The largest absolute Gasteiger partial charge is 0.351 e. The summed E-state index contributed by atoms with van der Waals surface area (Å²) in [4.78, 5) is 30.2. The van der Waals surface area contributed by atoms with Crippen LogP contribution in [0.2, 0.25) is 0 Å². The number of nitrogens with zero attached hydrogens (tertiary/aromatic N) is 5. The number of carbonyl (C=O) groups excluding carboxylic acids is 1. The molecule has 8 heteroatoms. The van der Waals surface area contributed by atoms with Crippen LogP contribution in [-0.4, -0.2) is 48.4 Å². The Hall–Kier alpha value is -3.68. The van der Waals surface area contributed by atoms with Crippen molar-refractivity contribution in [3.8, 4) is 5.82 Å². The van der Waals surface area contributed by atoms with Gasteiger partial charge in [-0.1, -0.05) is 18.2 Å². The molecule has 152 valence electrons. The van der Waals surface area contributed by atoms with E-state index in [0.717, 1.165) is 23.7 Å². The van der Waals surface area contributed by atoms with Crippen LogP contribution in [0, 0.1) is 5.92 Å². The average molecular weight is 402 g/mol. The number of H-pyrrole nitrogens is 1. The predicted octanol–water partition coefficient (Wildman–Crippen LogP) is 2.46. The summed E-state index contributed by atoms with van der Waals surface area (Å²) in [6.07, 6.45) is 5.15. The van der Waals surface area contributed by atoms with E-state index in [2.05, 4.69) is 15.2 Å². The van der Waals surface area contributed by atoms with E-state index in [-0.39, 0.29) is 11.5 Å². The van der Waals surface area contributed by atoms with Crippen molar-refractivity contribution in [2.45, 2.75) is 19.4 Å². The number of para-hydroxylation sites is 1. The molecule has 4 aromatic rings. The van der Waals surface area contributed by atoms with Gasteiger partial charge in [0.05, 0.1) is 0 Å². The molecule has 30 heavy (non-hydrogen) atoms. The second-order valence-corrected chi connectivity index (χ2v) is 7.67. The molecule has 1 amide bonds. The lowest BCUT2D eigenvalue weighted by atomic mass is 9.96. The zero-order valence-electron chi connectivity index (χ0n) is 16.4. The van der Waals surface area contributed by atoms with Crippen LogP contribution in [0.25, 0.3) is 16.7 Å². The maximum absolute atomic E-state index is 12.9. The Balaban J connectivity index is 1.24. The summed E-state index contributed by atoms with van der Waals surface area (Å²) in [5, 5.41) is 9.66. The fourth-order valence-corrected chi connectivity index (χ4v) is 4.02. The Morgan fingerprint density at radius 1 is 1.10 bits per heavy atom. The quantitative estimate of drug-likeness (QED) is 0.568. The van der Waals surface area contributed by atoms with E-state index in [4.69, 9.17) is 0 Å². The van der Waals surface area contributed by atoms with Crippen molar-refractivity contribution in [1.82, 2.24) is 29.4 Å². The van der Waals surface area contributed by atoms with Crippen LogP contribution in [0.1, 0.15) is 23.3 Å². The van der Waals surface area contributed by atoms with E-state index in [1.165, 1.54) is 10.7 Å². The minimum Gasteiger partial charge on any atom is -0.351 e. The van der Waals surface area contributed by atoms with Crippen molar-refractivity contribution in [2.24, 2.45) is 5.92 Å². The molecular weight excluding hydrogens is 380 g/mol. The second kappa shape index (κ2) is 7.62. The molecule has 1 aliphatic rings. The molecule has 1 saturated heterocycles. The van der Waals surface area contributed by atoms with Gasteiger partial charge in [0.25, 0.3) is 11.5 Å². The van der Waals surface area contributed by atoms with Gasteiger partial charge in [0.2, 0.25) is 0 Å². The maximum atomic E-state index is 12.9. The van der Waals surface area contributed by atoms with Crippen LogP contribution in [0.3, 0.4) is 0 Å². The van der Waals surface area contributed by atoms with Gasteiger partial charge in [-0.25, -0.2) is 9.36 Å². The summed E-state index contributed by atoms with van der Waals surface area (Å²) in [5.41, 5.74) is 1.47. The number of piperidine rings is 1. The lowest BCUT2D eigenvalue weighted by Gasteiger charge is -2.31. The molecular formula is C22H22N6O2. The van der Waals surface area contributed by atoms with Crippen LogP contribution in [0.15, 0.2) is 65.7 Å². The molecule has 8 nitrogen and oxygen atoms in total. The van der Waals surface area contributed by atoms with Gasteiger partial charge in [-0.15, -0.1) is 5.10 Å². The number of carbonyl (C=O) groups is 1. The zero-order chi connectivity index (χ0) is 20.5. The monoisotopic (exact) mass is 402 g/mol. The van der Waals surface area contributed by atoms with Crippen molar-refractivity contribution in [2.75, 3.05) is 13.1 Å². The third kappa shape index (κ3) is 3.52. The second-order valence-electron chi connectivity index (χ2n) is 7.67. The maximum Gasteiger partial charge on any atom is 0.270 e. The molecule has 5 rings (SSSR count). The highest BCUT2D eigenvalue weighted by atomic mass is 16.2. The van der Waals surface area contributed by atoms with Gasteiger partial charge in [0.15, 0.2) is 5.82 Å². The van der Waals surface area contributed by atoms with Crippen LogP contribution in [0.5, 0.6) is 0 Å². The predicted molar refractivity (Wildman–Crippen MR) is 113 cm³/mol. The molecule has 0 aliphatic carbocycles. The summed E-state index contributed by atoms with van der Waals surface area (Å²) in [5.74, 6) is 0.946. The van der Waals surface area contributed by atoms with Gasteiger partial charge in [-0.2, -0.15) is 5.10 Å². The van der Waals surface area contributed by atoms with Gasteiger partial charge in [0.1, 0.15) is 5.69 Å². The Kier molecular flexibility index (Phi) is 4.66. The first-order valence-electron chi connectivity index (χ1n) is 10.1. The average Bonchev–Trinajstić information content (AvgIpc) is 3.45. The number of amides is 1. The Labute approximate surface area is 172 Å². The number of aromatic nitrogens is 5. The highest BCUT2D eigenvalue weighted by molar-refractivity contribution is 5.98. The number of fused-ring (bicyclic) bond motifs is 1. The molecule has 1 aromatic carbocycles. The van der Waals surface area contributed by atoms with E-state index in [9.17, 15) is 9.59 Å². The summed E-state index contributed by atoms with van der Waals surface area (Å²) in [7, 11) is 0. The molecule has 0 spiro atoms. The van der Waals surface area contributed by atoms with Gasteiger partial charge in [-0.3, -0.25) is 9.59 Å². The fourth-order valence-electron chi connectivity index (χ4n) is 4.02. The van der Waals surface area contributed by atoms with Crippen LogP contribution in [0.4, 0.5) is 0 Å². The van der Waals surface area contributed by atoms with E-state index in [0.29, 0.717) is 37.1 Å². The first-order valence-corrected chi connectivity index (χ1v) is 10.1. The summed E-state index contributed by atoms with van der Waals surface area (Å²) >= 11 is 0. The number of aromatic amines is 1. The molecule has 0 unspecified atom stereocenters. The van der Waals surface area contributed by atoms with Crippen molar-refractivity contribution in [1.29, 1.82) is 0 Å². The minimum atomic E-state index is -0.123. The molecule has 4 heterocycles. The molecule has 1 fully saturated rings. The van der Waals surface area contributed by atoms with Crippen molar-refractivity contribution < 1.29 is 4.79 Å². The number of hydrogen-bond donors (Lipinski definition) is 1. The van der Waals surface area contributed by atoms with Gasteiger partial charge in [-0.05, 0) is 43.0 Å². The number of benzene rings is 1. The summed E-state index contributed by atoms with van der Waals surface area (Å²) < 4.78 is 3.15. The van der Waals surface area contributed by atoms with Gasteiger partial charge in [0, 0.05) is 49.0 Å². The number of hydrogen-bond acceptors (Lipinski definition) is 4. The third-order valence-corrected chi connectivity index (χ3v) is 5.68. The highest BCUT2D eigenvalue weighted by Crippen LogP contribution is 2.22. The number of likely N-dealkylation sites (tertiary alicyclic amines) is 1. The Morgan fingerprint density at radius 2 is 1.93 bits per heavy atom. The van der Waals surface area contributed by atoms with Crippen molar-refractivity contribution in [3.05, 3.63) is 77.0 Å². The van der Waals surface area contributed by atoms with Crippen LogP contribution < -0.4 is 5.56 Å². The van der Waals surface area contributed by atoms with Crippen LogP contribution in [-0.2, 0) is 6.54 Å². The fraction of sp³-hybridized carbons (Fsp3) is 0.273. The zero-order valence-corrected chi connectivity index (χ0v) is 16.4. The molecule has 0 atom stereocenters. The Bertz CT molecular complexity index is 1200. The minimum absolute atomic E-state index is 0.0284. The molecule has 1 aliphatic heterocycles. The van der Waals surface area contributed by atoms with E-state index < -0.39 is 0 Å². The number of rotatable bonds is 4. The van der Waals surface area contributed by atoms with Gasteiger partial charge >= 0.3 is 0 Å². The normalized spacial score (nSPS) is 15.0. The highest BCUT2D eigenvalue weighted by Gasteiger charge is 2.25.